The Labute approximate surface area is 72.8 Å². The van der Waals surface area contributed by atoms with Crippen molar-refractivity contribution in [3.63, 3.8) is 0 Å². The number of nitrogens with zero attached hydrogens (tertiary/aromatic N) is 2. The minimum atomic E-state index is -4.31. The van der Waals surface area contributed by atoms with Crippen molar-refractivity contribution in [2.24, 2.45) is 0 Å². The van der Waals surface area contributed by atoms with Gasteiger partial charge < -0.3 is 5.11 Å². The number of hydrogen-bond acceptors (Lipinski definition) is 2. The van der Waals surface area contributed by atoms with Gasteiger partial charge in [-0.2, -0.15) is 18.3 Å². The third kappa shape index (κ3) is 2.73. The lowest BCUT2D eigenvalue weighted by Gasteiger charge is -2.11. The molecule has 1 unspecified atom stereocenters. The summed E-state index contributed by atoms with van der Waals surface area (Å²) in [5.41, 5.74) is 0.164. The minimum Gasteiger partial charge on any atom is -0.387 e. The number of aliphatic hydroxyl groups excluding tert-OH is 1. The summed E-state index contributed by atoms with van der Waals surface area (Å²) >= 11 is 0. The van der Waals surface area contributed by atoms with E-state index in [2.05, 4.69) is 5.10 Å². The van der Waals surface area contributed by atoms with Gasteiger partial charge in [0.15, 0.2) is 0 Å². The maximum Gasteiger partial charge on any atom is 0.408 e. The van der Waals surface area contributed by atoms with Crippen LogP contribution in [0.15, 0.2) is 12.3 Å². The van der Waals surface area contributed by atoms with E-state index in [-0.39, 0.29) is 5.69 Å². The second kappa shape index (κ2) is 3.37. The van der Waals surface area contributed by atoms with Crippen LogP contribution in [0.5, 0.6) is 0 Å². The number of rotatable bonds is 2. The van der Waals surface area contributed by atoms with Crippen molar-refractivity contribution in [3.05, 3.63) is 18.0 Å². The van der Waals surface area contributed by atoms with E-state index in [0.29, 0.717) is 0 Å². The van der Waals surface area contributed by atoms with Crippen LogP contribution >= 0.6 is 0 Å². The van der Waals surface area contributed by atoms with Crippen LogP contribution in [0.25, 0.3) is 0 Å². The second-order valence-corrected chi connectivity index (χ2v) is 2.70. The average molecular weight is 194 g/mol. The van der Waals surface area contributed by atoms with Crippen molar-refractivity contribution in [1.82, 2.24) is 9.78 Å². The number of hydrogen-bond donors (Lipinski definition) is 1. The Morgan fingerprint density at radius 2 is 2.23 bits per heavy atom. The van der Waals surface area contributed by atoms with Crippen molar-refractivity contribution in [1.29, 1.82) is 0 Å². The second-order valence-electron chi connectivity index (χ2n) is 2.70. The Hall–Kier alpha value is -1.04. The summed E-state index contributed by atoms with van der Waals surface area (Å²) in [4.78, 5) is 0. The van der Waals surface area contributed by atoms with E-state index in [1.54, 1.807) is 0 Å². The summed E-state index contributed by atoms with van der Waals surface area (Å²) in [6.45, 7) is 0.226. The molecule has 1 atom stereocenters. The SMILES string of the molecule is CC(O)c1ccnn1CC(F)(F)F. The molecule has 0 fully saturated rings. The molecule has 0 radical (unpaired) electrons. The van der Waals surface area contributed by atoms with Crippen molar-refractivity contribution in [3.8, 4) is 0 Å². The van der Waals surface area contributed by atoms with E-state index in [1.807, 2.05) is 0 Å². The predicted octanol–water partition coefficient (Wildman–Crippen LogP) is 1.50. The smallest absolute Gasteiger partial charge is 0.387 e. The summed E-state index contributed by atoms with van der Waals surface area (Å²) < 4.78 is 36.5. The van der Waals surface area contributed by atoms with Gasteiger partial charge in [-0.3, -0.25) is 4.68 Å². The zero-order valence-corrected chi connectivity index (χ0v) is 6.91. The van der Waals surface area contributed by atoms with E-state index in [0.717, 1.165) is 4.68 Å². The number of aromatic nitrogens is 2. The molecule has 0 saturated heterocycles. The molecule has 0 amide bonds. The van der Waals surface area contributed by atoms with Gasteiger partial charge in [-0.1, -0.05) is 0 Å². The predicted molar refractivity (Wildman–Crippen MR) is 38.9 cm³/mol. The Balaban J connectivity index is 2.83. The first-order chi connectivity index (χ1) is 5.90. The Kier molecular flexibility index (Phi) is 2.60. The van der Waals surface area contributed by atoms with Gasteiger partial charge in [0.1, 0.15) is 6.54 Å². The number of alkyl halides is 3. The summed E-state index contributed by atoms with van der Waals surface area (Å²) in [5.74, 6) is 0. The first-order valence-electron chi connectivity index (χ1n) is 3.66. The van der Waals surface area contributed by atoms with Crippen molar-refractivity contribution in [2.75, 3.05) is 0 Å². The highest BCUT2D eigenvalue weighted by molar-refractivity contribution is 5.03. The molecule has 0 spiro atoms. The molecule has 74 valence electrons. The summed E-state index contributed by atoms with van der Waals surface area (Å²) in [5, 5.41) is 12.5. The lowest BCUT2D eigenvalue weighted by Crippen LogP contribution is -2.21. The Morgan fingerprint density at radius 3 is 2.69 bits per heavy atom. The molecule has 1 N–H and O–H groups in total. The first kappa shape index (κ1) is 10.0. The highest BCUT2D eigenvalue weighted by atomic mass is 19.4. The van der Waals surface area contributed by atoms with Crippen LogP contribution in [0.1, 0.15) is 18.7 Å². The summed E-state index contributed by atoms with van der Waals surface area (Å²) in [6.07, 6.45) is -4.02. The molecular formula is C7H9F3N2O. The monoisotopic (exact) mass is 194 g/mol. The topological polar surface area (TPSA) is 38.1 Å². The highest BCUT2D eigenvalue weighted by Gasteiger charge is 2.29. The molecule has 1 aromatic rings. The van der Waals surface area contributed by atoms with Gasteiger partial charge >= 0.3 is 6.18 Å². The zero-order chi connectivity index (χ0) is 10.1. The number of aliphatic hydroxyl groups is 1. The average Bonchev–Trinajstić information content (AvgIpc) is 2.31. The molecule has 0 bridgehead atoms. The lowest BCUT2D eigenvalue weighted by atomic mass is 10.3. The van der Waals surface area contributed by atoms with Gasteiger partial charge in [0.2, 0.25) is 0 Å². The molecule has 0 saturated carbocycles. The minimum absolute atomic E-state index is 0.164. The molecular weight excluding hydrogens is 185 g/mol. The fourth-order valence-electron chi connectivity index (χ4n) is 1.000. The van der Waals surface area contributed by atoms with Crippen LogP contribution < -0.4 is 0 Å². The van der Waals surface area contributed by atoms with Gasteiger partial charge in [0, 0.05) is 6.20 Å². The molecule has 1 heterocycles. The fourth-order valence-corrected chi connectivity index (χ4v) is 1.000. The number of halogens is 3. The van der Waals surface area contributed by atoms with Crippen LogP contribution in [-0.4, -0.2) is 21.1 Å². The van der Waals surface area contributed by atoms with Crippen LogP contribution in [0.3, 0.4) is 0 Å². The third-order valence-electron chi connectivity index (χ3n) is 1.51. The van der Waals surface area contributed by atoms with E-state index in [1.165, 1.54) is 19.2 Å². The molecule has 0 aliphatic heterocycles. The molecule has 1 rings (SSSR count). The van der Waals surface area contributed by atoms with Gasteiger partial charge in [-0.25, -0.2) is 0 Å². The van der Waals surface area contributed by atoms with Crippen LogP contribution in [0.4, 0.5) is 13.2 Å². The Morgan fingerprint density at radius 1 is 1.62 bits per heavy atom. The largest absolute Gasteiger partial charge is 0.408 e. The van der Waals surface area contributed by atoms with Gasteiger partial charge in [0.25, 0.3) is 0 Å². The Bertz CT molecular complexity index is 280. The van der Waals surface area contributed by atoms with Gasteiger partial charge in [-0.15, -0.1) is 0 Å². The first-order valence-corrected chi connectivity index (χ1v) is 3.66. The molecule has 13 heavy (non-hydrogen) atoms. The van der Waals surface area contributed by atoms with Gasteiger partial charge in [-0.05, 0) is 13.0 Å². The molecule has 6 heteroatoms. The quantitative estimate of drug-likeness (QED) is 0.774. The van der Waals surface area contributed by atoms with Gasteiger partial charge in [0.05, 0.1) is 11.8 Å². The summed E-state index contributed by atoms with van der Waals surface area (Å²) in [6, 6.07) is 1.36. The van der Waals surface area contributed by atoms with Crippen LogP contribution in [-0.2, 0) is 6.54 Å². The molecule has 0 aromatic carbocycles. The normalized spacial score (nSPS) is 14.5. The van der Waals surface area contributed by atoms with Crippen LogP contribution in [0.2, 0.25) is 0 Å². The fraction of sp³-hybridized carbons (Fsp3) is 0.571. The van der Waals surface area contributed by atoms with E-state index in [9.17, 15) is 13.2 Å². The van der Waals surface area contributed by atoms with Crippen molar-refractivity contribution >= 4 is 0 Å². The highest BCUT2D eigenvalue weighted by Crippen LogP contribution is 2.20. The third-order valence-corrected chi connectivity index (χ3v) is 1.51. The molecule has 3 nitrogen and oxygen atoms in total. The molecule has 0 aliphatic rings. The lowest BCUT2D eigenvalue weighted by molar-refractivity contribution is -0.143. The molecule has 0 aliphatic carbocycles. The maximum absolute atomic E-state index is 11.9. The van der Waals surface area contributed by atoms with Crippen LogP contribution in [0, 0.1) is 0 Å². The standard InChI is InChI=1S/C7H9F3N2O/c1-5(13)6-2-3-11-12(6)4-7(8,9)10/h2-3,5,13H,4H2,1H3. The van der Waals surface area contributed by atoms with E-state index < -0.39 is 18.8 Å². The zero-order valence-electron chi connectivity index (χ0n) is 6.91. The van der Waals surface area contributed by atoms with E-state index >= 15 is 0 Å². The maximum atomic E-state index is 11.9. The van der Waals surface area contributed by atoms with Crippen molar-refractivity contribution < 1.29 is 18.3 Å². The van der Waals surface area contributed by atoms with Crippen molar-refractivity contribution in [2.45, 2.75) is 25.7 Å². The molecule has 1 aromatic heterocycles. The van der Waals surface area contributed by atoms with E-state index in [4.69, 9.17) is 5.11 Å². The summed E-state index contributed by atoms with van der Waals surface area (Å²) in [7, 11) is 0.